The van der Waals surface area contributed by atoms with Crippen LogP contribution < -0.4 is 5.32 Å². The Kier molecular flexibility index (Phi) is 5.20. The fourth-order valence-corrected chi connectivity index (χ4v) is 4.14. The van der Waals surface area contributed by atoms with Crippen LogP contribution in [0.1, 0.15) is 57.2 Å². The molecule has 1 heterocycles. The highest BCUT2D eigenvalue weighted by atomic mass is 14.9. The highest BCUT2D eigenvalue weighted by Crippen LogP contribution is 2.46. The Morgan fingerprint density at radius 1 is 1.30 bits per heavy atom. The van der Waals surface area contributed by atoms with E-state index in [1.54, 1.807) is 0 Å². The van der Waals surface area contributed by atoms with E-state index in [0.29, 0.717) is 11.5 Å². The number of pyridine rings is 1. The average Bonchev–Trinajstić information content (AvgIpc) is 2.86. The Morgan fingerprint density at radius 3 is 2.55 bits per heavy atom. The molecule has 0 radical (unpaired) electrons. The molecule has 1 fully saturated rings. The lowest BCUT2D eigenvalue weighted by Crippen LogP contribution is -2.44. The largest absolute Gasteiger partial charge is 0.316 e. The molecule has 1 aromatic rings. The van der Waals surface area contributed by atoms with Crippen LogP contribution in [-0.4, -0.2) is 18.1 Å². The molecule has 1 aliphatic rings. The fraction of sp³-hybridized carbons (Fsp3) is 0.722. The molecule has 0 aliphatic heterocycles. The maximum absolute atomic E-state index is 4.61. The van der Waals surface area contributed by atoms with E-state index < -0.39 is 0 Å². The van der Waals surface area contributed by atoms with Gasteiger partial charge in [0.1, 0.15) is 0 Å². The zero-order valence-electron chi connectivity index (χ0n) is 13.6. The van der Waals surface area contributed by atoms with E-state index in [9.17, 15) is 0 Å². The maximum Gasteiger partial charge on any atom is 0.0448 e. The van der Waals surface area contributed by atoms with Crippen LogP contribution in [0.2, 0.25) is 0 Å². The Hall–Kier alpha value is -0.890. The van der Waals surface area contributed by atoms with Crippen LogP contribution in [-0.2, 0) is 6.42 Å². The summed E-state index contributed by atoms with van der Waals surface area (Å²) in [5.74, 6) is 0.772. The summed E-state index contributed by atoms with van der Waals surface area (Å²) in [6.45, 7) is 6.90. The van der Waals surface area contributed by atoms with Crippen molar-refractivity contribution in [2.45, 2.75) is 65.3 Å². The number of aromatic nitrogens is 1. The molecule has 1 unspecified atom stereocenters. The second-order valence-corrected chi connectivity index (χ2v) is 6.98. The number of likely N-dealkylation sites (N-methyl/N-ethyl adjacent to an activating group) is 1. The highest BCUT2D eigenvalue weighted by molar-refractivity contribution is 5.19. The van der Waals surface area contributed by atoms with Crippen molar-refractivity contribution in [1.82, 2.24) is 10.3 Å². The molecule has 0 bridgehead atoms. The summed E-state index contributed by atoms with van der Waals surface area (Å²) < 4.78 is 0. The van der Waals surface area contributed by atoms with Gasteiger partial charge in [-0.25, -0.2) is 0 Å². The normalized spacial score (nSPS) is 19.4. The Morgan fingerprint density at radius 2 is 2.00 bits per heavy atom. The van der Waals surface area contributed by atoms with Crippen LogP contribution in [0.25, 0.3) is 0 Å². The van der Waals surface area contributed by atoms with Gasteiger partial charge in [-0.05, 0) is 56.2 Å². The van der Waals surface area contributed by atoms with Crippen molar-refractivity contribution in [2.75, 3.05) is 7.05 Å². The lowest BCUT2D eigenvalue weighted by molar-refractivity contribution is 0.159. The Balaban J connectivity index is 2.19. The molecule has 0 amide bonds. The smallest absolute Gasteiger partial charge is 0.0448 e. The van der Waals surface area contributed by atoms with Crippen molar-refractivity contribution in [3.05, 3.63) is 29.6 Å². The molecular weight excluding hydrogens is 244 g/mol. The lowest BCUT2D eigenvalue weighted by Gasteiger charge is -2.39. The molecule has 112 valence electrons. The minimum absolute atomic E-state index is 0.479. The first kappa shape index (κ1) is 15.5. The quantitative estimate of drug-likeness (QED) is 0.844. The zero-order chi connectivity index (χ0) is 14.6. The van der Waals surface area contributed by atoms with E-state index in [1.807, 2.05) is 12.3 Å². The summed E-state index contributed by atoms with van der Waals surface area (Å²) in [6, 6.07) is 4.77. The van der Waals surface area contributed by atoms with Gasteiger partial charge < -0.3 is 5.32 Å². The maximum atomic E-state index is 4.61. The average molecular weight is 274 g/mol. The minimum Gasteiger partial charge on any atom is -0.316 e. The fourth-order valence-electron chi connectivity index (χ4n) is 4.14. The van der Waals surface area contributed by atoms with Gasteiger partial charge in [0, 0.05) is 24.4 Å². The van der Waals surface area contributed by atoms with Crippen LogP contribution in [0.5, 0.6) is 0 Å². The topological polar surface area (TPSA) is 24.9 Å². The molecular formula is C18H30N2. The zero-order valence-corrected chi connectivity index (χ0v) is 13.6. The van der Waals surface area contributed by atoms with E-state index in [-0.39, 0.29) is 0 Å². The third kappa shape index (κ3) is 3.41. The molecule has 20 heavy (non-hydrogen) atoms. The SMILES string of the molecule is CNC(Cc1ncccc1C)C1(CC(C)C)CCCC1. The van der Waals surface area contributed by atoms with Gasteiger partial charge in [-0.15, -0.1) is 0 Å². The summed E-state index contributed by atoms with van der Waals surface area (Å²) >= 11 is 0. The number of rotatable bonds is 6. The number of hydrogen-bond donors (Lipinski definition) is 1. The predicted molar refractivity (Wildman–Crippen MR) is 85.9 cm³/mol. The highest BCUT2D eigenvalue weighted by Gasteiger charge is 2.41. The molecule has 1 atom stereocenters. The van der Waals surface area contributed by atoms with Gasteiger partial charge in [-0.1, -0.05) is 32.8 Å². The number of aryl methyl sites for hydroxylation is 1. The molecule has 0 aromatic carbocycles. The van der Waals surface area contributed by atoms with Crippen molar-refractivity contribution >= 4 is 0 Å². The van der Waals surface area contributed by atoms with E-state index in [0.717, 1.165) is 12.3 Å². The van der Waals surface area contributed by atoms with E-state index in [2.05, 4.69) is 44.2 Å². The second kappa shape index (κ2) is 6.71. The summed E-state index contributed by atoms with van der Waals surface area (Å²) in [5.41, 5.74) is 3.07. The van der Waals surface area contributed by atoms with Crippen molar-refractivity contribution in [2.24, 2.45) is 11.3 Å². The molecule has 2 heteroatoms. The van der Waals surface area contributed by atoms with Crippen molar-refractivity contribution in [3.8, 4) is 0 Å². The minimum atomic E-state index is 0.479. The molecule has 1 N–H and O–H groups in total. The van der Waals surface area contributed by atoms with E-state index >= 15 is 0 Å². The number of hydrogen-bond acceptors (Lipinski definition) is 2. The van der Waals surface area contributed by atoms with Crippen LogP contribution in [0.3, 0.4) is 0 Å². The van der Waals surface area contributed by atoms with Crippen LogP contribution in [0, 0.1) is 18.3 Å². The molecule has 1 aliphatic carbocycles. The number of nitrogens with one attached hydrogen (secondary N) is 1. The van der Waals surface area contributed by atoms with Crippen LogP contribution in [0.4, 0.5) is 0 Å². The van der Waals surface area contributed by atoms with Crippen molar-refractivity contribution in [3.63, 3.8) is 0 Å². The van der Waals surface area contributed by atoms with Gasteiger partial charge >= 0.3 is 0 Å². The van der Waals surface area contributed by atoms with Gasteiger partial charge in [-0.2, -0.15) is 0 Å². The second-order valence-electron chi connectivity index (χ2n) is 6.98. The third-order valence-corrected chi connectivity index (χ3v) is 5.02. The van der Waals surface area contributed by atoms with Gasteiger partial charge in [0.05, 0.1) is 0 Å². The summed E-state index contributed by atoms with van der Waals surface area (Å²) in [4.78, 5) is 4.61. The first-order valence-corrected chi connectivity index (χ1v) is 8.15. The van der Waals surface area contributed by atoms with Crippen molar-refractivity contribution < 1.29 is 0 Å². The molecule has 1 aromatic heterocycles. The summed E-state index contributed by atoms with van der Waals surface area (Å²) in [5, 5.41) is 3.63. The molecule has 0 spiro atoms. The van der Waals surface area contributed by atoms with Crippen LogP contribution in [0.15, 0.2) is 18.3 Å². The first-order chi connectivity index (χ1) is 9.57. The van der Waals surface area contributed by atoms with Crippen molar-refractivity contribution in [1.29, 1.82) is 0 Å². The van der Waals surface area contributed by atoms with Gasteiger partial charge in [-0.3, -0.25) is 4.98 Å². The molecule has 2 nitrogen and oxygen atoms in total. The third-order valence-electron chi connectivity index (χ3n) is 5.02. The standard InChI is InChI=1S/C18H30N2/c1-14(2)13-18(9-5-6-10-18)17(19-4)12-16-15(3)8-7-11-20-16/h7-8,11,14,17,19H,5-6,9-10,12-13H2,1-4H3. The molecule has 2 rings (SSSR count). The molecule has 1 saturated carbocycles. The molecule has 0 saturated heterocycles. The predicted octanol–water partition coefficient (Wildman–Crippen LogP) is 4.13. The lowest BCUT2D eigenvalue weighted by atomic mass is 9.71. The van der Waals surface area contributed by atoms with Gasteiger partial charge in [0.2, 0.25) is 0 Å². The first-order valence-electron chi connectivity index (χ1n) is 8.15. The summed E-state index contributed by atoms with van der Waals surface area (Å²) in [6.07, 6.45) is 9.88. The number of nitrogens with zero attached hydrogens (tertiary/aromatic N) is 1. The van der Waals surface area contributed by atoms with E-state index in [4.69, 9.17) is 0 Å². The monoisotopic (exact) mass is 274 g/mol. The van der Waals surface area contributed by atoms with Gasteiger partial charge in [0.25, 0.3) is 0 Å². The van der Waals surface area contributed by atoms with E-state index in [1.165, 1.54) is 43.4 Å². The van der Waals surface area contributed by atoms with Gasteiger partial charge in [0.15, 0.2) is 0 Å². The Labute approximate surface area is 124 Å². The summed E-state index contributed by atoms with van der Waals surface area (Å²) in [7, 11) is 2.13. The Bertz CT molecular complexity index is 419. The van der Waals surface area contributed by atoms with Crippen LogP contribution >= 0.6 is 0 Å².